The van der Waals surface area contributed by atoms with E-state index in [1.807, 2.05) is 10.9 Å². The van der Waals surface area contributed by atoms with Crippen LogP contribution < -0.4 is 0 Å². The Labute approximate surface area is 185 Å². The maximum atomic E-state index is 13.6. The summed E-state index contributed by atoms with van der Waals surface area (Å²) in [5, 5.41) is 15.7. The Morgan fingerprint density at radius 2 is 1.97 bits per heavy atom. The Bertz CT molecular complexity index is 1130. The fraction of sp³-hybridized carbons (Fsp3) is 0.261. The predicted octanol–water partition coefficient (Wildman–Crippen LogP) is 6.45. The minimum atomic E-state index is -1.68. The van der Waals surface area contributed by atoms with E-state index < -0.39 is 31.7 Å². The van der Waals surface area contributed by atoms with E-state index in [9.17, 15) is 13.9 Å². The van der Waals surface area contributed by atoms with E-state index >= 15 is 0 Å². The van der Waals surface area contributed by atoms with Crippen LogP contribution in [0.2, 0.25) is 5.02 Å². The zero-order chi connectivity index (χ0) is 20.8. The Morgan fingerprint density at radius 1 is 1.17 bits per heavy atom. The summed E-state index contributed by atoms with van der Waals surface area (Å²) in [7, 11) is 0. The Balaban J connectivity index is 1.46. The maximum absolute atomic E-state index is 13.6. The van der Waals surface area contributed by atoms with Gasteiger partial charge in [0.15, 0.2) is 0 Å². The van der Waals surface area contributed by atoms with Crippen molar-refractivity contribution in [2.24, 2.45) is 0 Å². The molecule has 2 aromatic carbocycles. The van der Waals surface area contributed by atoms with E-state index in [-0.39, 0.29) is 14.8 Å². The number of nitrogens with zero attached hydrogens (tertiary/aromatic N) is 2. The van der Waals surface area contributed by atoms with Gasteiger partial charge in [-0.2, -0.15) is 0 Å². The van der Waals surface area contributed by atoms with Gasteiger partial charge in [0.2, 0.25) is 0 Å². The molecule has 7 heteroatoms. The van der Waals surface area contributed by atoms with Gasteiger partial charge in [-0.3, -0.25) is 0 Å². The molecule has 0 spiro atoms. The second-order valence-corrected chi connectivity index (χ2v) is 14.0. The zero-order valence-electron chi connectivity index (χ0n) is 16.0. The summed E-state index contributed by atoms with van der Waals surface area (Å²) in [5.74, 6) is -0.734. The molecule has 2 aliphatic rings. The van der Waals surface area contributed by atoms with Gasteiger partial charge in [-0.25, -0.2) is 0 Å². The molecule has 3 nitrogen and oxygen atoms in total. The molecule has 3 aromatic rings. The number of fused-ring (bicyclic) bond motifs is 2. The number of benzene rings is 2. The van der Waals surface area contributed by atoms with Crippen LogP contribution in [0.4, 0.5) is 8.78 Å². The number of alkyl halides is 2. The van der Waals surface area contributed by atoms with Crippen molar-refractivity contribution in [2.45, 2.75) is 33.7 Å². The number of hydrogen-bond acceptors (Lipinski definition) is 2. The summed E-state index contributed by atoms with van der Waals surface area (Å²) < 4.78 is 31.3. The normalized spacial score (nSPS) is 20.3. The standard InChI is InChI=1S/C23H20ClF2IN2O/c24-19-10-14(4-9-20(19)26)23(30)21-3-1-2-17-11-22-15(12-27(17)21)13-28-29(22)18-7-5-16(25)6-8-18/h4-11,13,21,23,30H,1-3,12H2/t21-,23+/m1/s1. The zero-order valence-corrected chi connectivity index (χ0v) is 18.9. The van der Waals surface area contributed by atoms with Gasteiger partial charge in [-0.05, 0) is 0 Å². The average Bonchev–Trinajstić information content (AvgIpc) is 3.16. The number of rotatable bonds is 3. The van der Waals surface area contributed by atoms with Crippen LogP contribution in [-0.4, -0.2) is 18.8 Å². The van der Waals surface area contributed by atoms with Crippen molar-refractivity contribution in [1.29, 1.82) is 0 Å². The van der Waals surface area contributed by atoms with E-state index in [1.165, 1.54) is 27.3 Å². The molecule has 30 heavy (non-hydrogen) atoms. The first-order valence-corrected chi connectivity index (χ1v) is 14.0. The third-order valence-electron chi connectivity index (χ3n) is 5.71. The van der Waals surface area contributed by atoms with Gasteiger partial charge >= 0.3 is 186 Å². The van der Waals surface area contributed by atoms with E-state index in [0.717, 1.165) is 35.1 Å². The third-order valence-corrected chi connectivity index (χ3v) is 13.5. The van der Waals surface area contributed by atoms with Crippen molar-refractivity contribution in [3.8, 4) is 5.69 Å². The molecule has 0 saturated carbocycles. The van der Waals surface area contributed by atoms with Crippen LogP contribution in [0.3, 0.4) is 0 Å². The number of aliphatic hydroxyl groups excluding tert-OH is 1. The predicted molar refractivity (Wildman–Crippen MR) is 123 cm³/mol. The molecule has 0 unspecified atom stereocenters. The number of hydrogen-bond donors (Lipinski definition) is 1. The number of aromatic nitrogens is 2. The quantitative estimate of drug-likeness (QED) is 0.306. The van der Waals surface area contributed by atoms with Crippen molar-refractivity contribution >= 4 is 37.5 Å². The molecular weight excluding hydrogens is 521 g/mol. The summed E-state index contributed by atoms with van der Waals surface area (Å²) in [4.78, 5) is 0. The molecule has 0 bridgehead atoms. The fourth-order valence-corrected chi connectivity index (χ4v) is 12.1. The number of halogens is 4. The van der Waals surface area contributed by atoms with Crippen LogP contribution in [0, 0.1) is 11.6 Å². The van der Waals surface area contributed by atoms with E-state index in [0.29, 0.717) is 5.56 Å². The molecule has 2 aliphatic heterocycles. The molecular formula is C23H20ClF2IN2O. The first kappa shape index (κ1) is 20.2. The van der Waals surface area contributed by atoms with E-state index in [1.54, 1.807) is 24.3 Å². The molecule has 0 radical (unpaired) electrons. The van der Waals surface area contributed by atoms with Gasteiger partial charge in [0.05, 0.1) is 0 Å². The first-order chi connectivity index (χ1) is 14.5. The third kappa shape index (κ3) is 3.59. The van der Waals surface area contributed by atoms with Crippen LogP contribution in [0.15, 0.2) is 52.2 Å². The molecule has 1 aromatic heterocycles. The molecule has 3 heterocycles. The summed E-state index contributed by atoms with van der Waals surface area (Å²) in [5.41, 5.74) is 3.78. The first-order valence-electron chi connectivity index (χ1n) is 9.82. The number of aliphatic hydroxyl groups is 1. The fourth-order valence-electron chi connectivity index (χ4n) is 4.17. The minimum absolute atomic E-state index is 0.0495. The molecule has 0 amide bonds. The molecule has 1 fully saturated rings. The second kappa shape index (κ2) is 8.05. The molecule has 2 atom stereocenters. The molecule has 1 N–H and O–H groups in total. The average molecular weight is 541 g/mol. The topological polar surface area (TPSA) is 38.1 Å². The summed E-state index contributed by atoms with van der Waals surface area (Å²) in [6.45, 7) is 0. The van der Waals surface area contributed by atoms with Crippen molar-refractivity contribution in [2.75, 3.05) is 0 Å². The molecule has 156 valence electrons. The van der Waals surface area contributed by atoms with Crippen LogP contribution in [0.1, 0.15) is 42.2 Å². The summed E-state index contributed by atoms with van der Waals surface area (Å²) >= 11 is 4.27. The van der Waals surface area contributed by atoms with E-state index in [2.05, 4.69) is 11.2 Å². The monoisotopic (exact) mass is 540 g/mol. The molecule has 5 rings (SSSR count). The molecule has 0 aliphatic carbocycles. The Kier molecular flexibility index (Phi) is 5.41. The van der Waals surface area contributed by atoms with Crippen LogP contribution in [0.25, 0.3) is 11.8 Å². The van der Waals surface area contributed by atoms with Gasteiger partial charge in [-0.15, -0.1) is 0 Å². The molecule has 1 saturated heterocycles. The van der Waals surface area contributed by atoms with Gasteiger partial charge in [0.25, 0.3) is 0 Å². The van der Waals surface area contributed by atoms with Gasteiger partial charge in [-0.1, -0.05) is 0 Å². The van der Waals surface area contributed by atoms with Gasteiger partial charge in [0, 0.05) is 0 Å². The van der Waals surface area contributed by atoms with Crippen LogP contribution >= 0.6 is 31.4 Å². The SMILES string of the molecule is O[C@@H](c1ccc(F)c(Cl)c1)[C@H]1CCCC2=Cc3c(cnn3-c3ccc(F)cc3)CI21. The van der Waals surface area contributed by atoms with Crippen molar-refractivity contribution < 1.29 is 13.9 Å². The van der Waals surface area contributed by atoms with Crippen molar-refractivity contribution in [3.63, 3.8) is 0 Å². The summed E-state index contributed by atoms with van der Waals surface area (Å²) in [6, 6.07) is 10.9. The van der Waals surface area contributed by atoms with Gasteiger partial charge < -0.3 is 0 Å². The van der Waals surface area contributed by atoms with E-state index in [4.69, 9.17) is 11.6 Å². The number of allylic oxidation sites excluding steroid dienone is 1. The second-order valence-electron chi connectivity index (χ2n) is 7.59. The summed E-state index contributed by atoms with van der Waals surface area (Å²) in [6.07, 6.45) is 6.56. The van der Waals surface area contributed by atoms with Crippen LogP contribution in [-0.2, 0) is 4.43 Å². The van der Waals surface area contributed by atoms with Crippen molar-refractivity contribution in [1.82, 2.24) is 9.78 Å². The Hall–Kier alpha value is -1.77. The van der Waals surface area contributed by atoms with Crippen molar-refractivity contribution in [3.05, 3.63) is 85.7 Å². The van der Waals surface area contributed by atoms with Crippen LogP contribution in [0.5, 0.6) is 0 Å². The van der Waals surface area contributed by atoms with Gasteiger partial charge in [0.1, 0.15) is 0 Å². The Morgan fingerprint density at radius 3 is 2.73 bits per heavy atom.